The molecule has 12 heteroatoms. The molecule has 2 saturated heterocycles. The van der Waals surface area contributed by atoms with Crippen molar-refractivity contribution in [3.05, 3.63) is 65.2 Å². The SMILES string of the molecule is COCCCN1C(=O)C(=O)/C(=C(\O)c2cccc(S(=O)(=O)N3CCOCC3)c2)C12C(=O)N(C)c1ccccc12. The number of hydrogen-bond acceptors (Lipinski definition) is 8. The van der Waals surface area contributed by atoms with Crippen LogP contribution in [0.3, 0.4) is 0 Å². The fourth-order valence-electron chi connectivity index (χ4n) is 5.52. The van der Waals surface area contributed by atoms with E-state index in [1.165, 1.54) is 45.5 Å². The number of amides is 2. The fraction of sp³-hybridized carbons (Fsp3) is 0.370. The van der Waals surface area contributed by atoms with E-state index in [0.717, 1.165) is 0 Å². The van der Waals surface area contributed by atoms with Crippen LogP contribution < -0.4 is 4.90 Å². The quantitative estimate of drug-likeness (QED) is 0.234. The van der Waals surface area contributed by atoms with Crippen LogP contribution in [0.1, 0.15) is 17.5 Å². The van der Waals surface area contributed by atoms with Crippen LogP contribution in [0.4, 0.5) is 5.69 Å². The molecule has 2 fully saturated rings. The van der Waals surface area contributed by atoms with E-state index in [9.17, 15) is 27.9 Å². The summed E-state index contributed by atoms with van der Waals surface area (Å²) < 4.78 is 38.2. The third kappa shape index (κ3) is 4.06. The summed E-state index contributed by atoms with van der Waals surface area (Å²) in [7, 11) is -0.871. The van der Waals surface area contributed by atoms with Gasteiger partial charge in [-0.05, 0) is 24.6 Å². The van der Waals surface area contributed by atoms with Crippen molar-refractivity contribution >= 4 is 39.1 Å². The normalized spacial score (nSPS) is 23.2. The number of morpholine rings is 1. The maximum atomic E-state index is 14.0. The van der Waals surface area contributed by atoms with Crippen molar-refractivity contribution in [1.82, 2.24) is 9.21 Å². The summed E-state index contributed by atoms with van der Waals surface area (Å²) in [5, 5.41) is 11.6. The molecule has 206 valence electrons. The lowest BCUT2D eigenvalue weighted by atomic mass is 9.82. The average Bonchev–Trinajstić information content (AvgIpc) is 3.31. The topological polar surface area (TPSA) is 134 Å². The zero-order valence-corrected chi connectivity index (χ0v) is 22.4. The van der Waals surface area contributed by atoms with Gasteiger partial charge >= 0.3 is 0 Å². The third-order valence-corrected chi connectivity index (χ3v) is 9.28. The molecule has 2 aromatic rings. The molecule has 0 aliphatic carbocycles. The number of aliphatic hydroxyl groups excluding tert-OH is 1. The molecule has 2 amide bonds. The first-order chi connectivity index (χ1) is 18.7. The number of rotatable bonds is 7. The number of carbonyl (C=O) groups excluding carboxylic acids is 3. The molecule has 11 nitrogen and oxygen atoms in total. The number of nitrogens with zero attached hydrogens (tertiary/aromatic N) is 3. The summed E-state index contributed by atoms with van der Waals surface area (Å²) in [6, 6.07) is 12.3. The Morgan fingerprint density at radius 2 is 1.79 bits per heavy atom. The largest absolute Gasteiger partial charge is 0.507 e. The molecule has 3 heterocycles. The van der Waals surface area contributed by atoms with Gasteiger partial charge in [-0.1, -0.05) is 30.3 Å². The number of anilines is 1. The lowest BCUT2D eigenvalue weighted by molar-refractivity contribution is -0.143. The molecule has 39 heavy (non-hydrogen) atoms. The highest BCUT2D eigenvalue weighted by atomic mass is 32.2. The molecular weight excluding hydrogens is 526 g/mol. The molecule has 5 rings (SSSR count). The van der Waals surface area contributed by atoms with E-state index < -0.39 is 44.5 Å². The molecule has 1 N–H and O–H groups in total. The molecule has 0 bridgehead atoms. The van der Waals surface area contributed by atoms with Gasteiger partial charge in [-0.2, -0.15) is 4.31 Å². The predicted molar refractivity (Wildman–Crippen MR) is 140 cm³/mol. The van der Waals surface area contributed by atoms with Crippen LogP contribution in [0, 0.1) is 0 Å². The summed E-state index contributed by atoms with van der Waals surface area (Å²) in [6.07, 6.45) is 0.345. The Labute approximate surface area is 226 Å². The molecule has 1 unspecified atom stereocenters. The van der Waals surface area contributed by atoms with Crippen molar-refractivity contribution in [2.24, 2.45) is 0 Å². The highest BCUT2D eigenvalue weighted by Crippen LogP contribution is 2.53. The minimum absolute atomic E-state index is 0.00145. The first-order valence-corrected chi connectivity index (χ1v) is 14.0. The number of ketones is 1. The molecule has 0 radical (unpaired) electrons. The Morgan fingerprint density at radius 1 is 1.08 bits per heavy atom. The molecule has 1 atom stereocenters. The van der Waals surface area contributed by atoms with Gasteiger partial charge in [0.25, 0.3) is 17.6 Å². The minimum atomic E-state index is -3.92. The fourth-order valence-corrected chi connectivity index (χ4v) is 6.98. The number of benzene rings is 2. The van der Waals surface area contributed by atoms with Gasteiger partial charge in [0.2, 0.25) is 10.0 Å². The van der Waals surface area contributed by atoms with Crippen LogP contribution in [0.15, 0.2) is 59.0 Å². The molecule has 2 aromatic carbocycles. The number of likely N-dealkylation sites (tertiary alicyclic amines) is 1. The Bertz CT molecular complexity index is 1480. The Kier molecular flexibility index (Phi) is 7.06. The van der Waals surface area contributed by atoms with Crippen LogP contribution in [0.5, 0.6) is 0 Å². The molecule has 3 aliphatic rings. The highest BCUT2D eigenvalue weighted by molar-refractivity contribution is 7.89. The monoisotopic (exact) mass is 555 g/mol. The first-order valence-electron chi connectivity index (χ1n) is 12.5. The summed E-state index contributed by atoms with van der Waals surface area (Å²) >= 11 is 0. The number of hydrogen-bond donors (Lipinski definition) is 1. The lowest BCUT2D eigenvalue weighted by Crippen LogP contribution is -2.51. The van der Waals surface area contributed by atoms with Crippen LogP contribution in [-0.4, -0.2) is 93.9 Å². The van der Waals surface area contributed by atoms with Gasteiger partial charge in [0.1, 0.15) is 5.76 Å². The zero-order chi connectivity index (χ0) is 27.9. The Morgan fingerprint density at radius 3 is 2.51 bits per heavy atom. The molecule has 1 spiro atoms. The highest BCUT2D eigenvalue weighted by Gasteiger charge is 2.66. The maximum Gasteiger partial charge on any atom is 0.296 e. The lowest BCUT2D eigenvalue weighted by Gasteiger charge is -2.34. The second-order valence-electron chi connectivity index (χ2n) is 9.49. The van der Waals surface area contributed by atoms with E-state index >= 15 is 0 Å². The van der Waals surface area contributed by atoms with Crippen molar-refractivity contribution in [2.45, 2.75) is 16.9 Å². The maximum absolute atomic E-state index is 14.0. The second kappa shape index (κ2) is 10.2. The predicted octanol–water partition coefficient (Wildman–Crippen LogP) is 1.30. The van der Waals surface area contributed by atoms with Crippen LogP contribution >= 0.6 is 0 Å². The summed E-state index contributed by atoms with van der Waals surface area (Å²) in [6.45, 7) is 1.21. The van der Waals surface area contributed by atoms with E-state index in [2.05, 4.69) is 0 Å². The van der Waals surface area contributed by atoms with Gasteiger partial charge in [0.15, 0.2) is 5.54 Å². The number of ether oxygens (including phenoxy) is 2. The van der Waals surface area contributed by atoms with Crippen LogP contribution in [0.2, 0.25) is 0 Å². The standard InChI is InChI=1S/C27H29N3O8S/c1-28-21-10-4-3-9-20(21)27(26(28)34)22(24(32)25(33)30(27)11-6-14-37-2)23(31)18-7-5-8-19(17-18)39(35,36)29-12-15-38-16-13-29/h3-5,7-10,17,31H,6,11-16H2,1-2H3/b23-22+. The van der Waals surface area contributed by atoms with E-state index in [4.69, 9.17) is 9.47 Å². The number of likely N-dealkylation sites (N-methyl/N-ethyl adjacent to an activating group) is 1. The van der Waals surface area contributed by atoms with E-state index in [-0.39, 0.29) is 49.9 Å². The van der Waals surface area contributed by atoms with Crippen molar-refractivity contribution in [3.8, 4) is 0 Å². The van der Waals surface area contributed by atoms with E-state index in [1.54, 1.807) is 31.3 Å². The first kappa shape index (κ1) is 27.0. The Balaban J connectivity index is 1.70. The number of para-hydroxylation sites is 1. The minimum Gasteiger partial charge on any atom is -0.507 e. The molecule has 0 saturated carbocycles. The summed E-state index contributed by atoms with van der Waals surface area (Å²) in [5.41, 5.74) is -1.43. The Hall–Kier alpha value is -3.58. The molecule has 0 aromatic heterocycles. The number of aliphatic hydroxyl groups is 1. The van der Waals surface area contributed by atoms with Crippen molar-refractivity contribution in [3.63, 3.8) is 0 Å². The number of Topliss-reactive ketones (excluding diaryl/α,β-unsaturated/α-hetero) is 1. The van der Waals surface area contributed by atoms with Crippen molar-refractivity contribution in [2.75, 3.05) is 58.5 Å². The van der Waals surface area contributed by atoms with E-state index in [1.807, 2.05) is 0 Å². The smallest absolute Gasteiger partial charge is 0.296 e. The molecular formula is C27H29N3O8S. The number of methoxy groups -OCH3 is 1. The van der Waals surface area contributed by atoms with Gasteiger partial charge in [0.05, 0.1) is 23.7 Å². The van der Waals surface area contributed by atoms with Crippen molar-refractivity contribution < 1.29 is 37.4 Å². The summed E-state index contributed by atoms with van der Waals surface area (Å²) in [5.74, 6) is -3.15. The van der Waals surface area contributed by atoms with Crippen LogP contribution in [0.25, 0.3) is 5.76 Å². The van der Waals surface area contributed by atoms with Gasteiger partial charge in [-0.25, -0.2) is 8.42 Å². The number of carbonyl (C=O) groups is 3. The third-order valence-electron chi connectivity index (χ3n) is 7.38. The number of sulfonamides is 1. The van der Waals surface area contributed by atoms with E-state index in [0.29, 0.717) is 17.7 Å². The molecule has 3 aliphatic heterocycles. The zero-order valence-electron chi connectivity index (χ0n) is 21.6. The van der Waals surface area contributed by atoms with Gasteiger partial charge in [-0.3, -0.25) is 14.4 Å². The van der Waals surface area contributed by atoms with Crippen LogP contribution in [-0.2, 0) is 39.4 Å². The summed E-state index contributed by atoms with van der Waals surface area (Å²) in [4.78, 5) is 43.4. The van der Waals surface area contributed by atoms with Crippen molar-refractivity contribution in [1.29, 1.82) is 0 Å². The van der Waals surface area contributed by atoms with Gasteiger partial charge < -0.3 is 24.4 Å². The van der Waals surface area contributed by atoms with Gasteiger partial charge in [0, 0.05) is 57.2 Å². The second-order valence-corrected chi connectivity index (χ2v) is 11.4. The number of fused-ring (bicyclic) bond motifs is 2. The average molecular weight is 556 g/mol. The van der Waals surface area contributed by atoms with Gasteiger partial charge in [-0.15, -0.1) is 0 Å².